The summed E-state index contributed by atoms with van der Waals surface area (Å²) in [5.74, 6) is 1.23. The molecule has 2 aromatic heterocycles. The molecule has 1 aliphatic carbocycles. The molecular weight excluding hydrogens is 538 g/mol. The summed E-state index contributed by atoms with van der Waals surface area (Å²) in [5, 5.41) is 4.37. The first-order chi connectivity index (χ1) is 19.8. The summed E-state index contributed by atoms with van der Waals surface area (Å²) < 4.78 is 16.1. The third kappa shape index (κ3) is 6.10. The number of ether oxygens (including phenoxy) is 3. The highest BCUT2D eigenvalue weighted by Crippen LogP contribution is 2.41. The van der Waals surface area contributed by atoms with Crippen molar-refractivity contribution >= 4 is 39.2 Å². The van der Waals surface area contributed by atoms with Gasteiger partial charge in [-0.2, -0.15) is 0 Å². The number of amides is 1. The molecule has 1 aliphatic rings. The molecule has 41 heavy (non-hydrogen) atoms. The second kappa shape index (κ2) is 12.3. The molecule has 1 saturated carbocycles. The van der Waals surface area contributed by atoms with E-state index >= 15 is 0 Å². The zero-order valence-corrected chi connectivity index (χ0v) is 25.1. The van der Waals surface area contributed by atoms with E-state index < -0.39 is 5.97 Å². The second-order valence-electron chi connectivity index (χ2n) is 10.8. The van der Waals surface area contributed by atoms with Gasteiger partial charge in [0.2, 0.25) is 0 Å². The molecule has 0 aliphatic heterocycles. The summed E-state index contributed by atoms with van der Waals surface area (Å²) in [7, 11) is 4.63. The largest absolute Gasteiger partial charge is 0.497 e. The third-order valence-electron chi connectivity index (χ3n) is 7.91. The average molecular weight is 576 g/mol. The smallest absolute Gasteiger partial charge is 0.310 e. The minimum absolute atomic E-state index is 0.0147. The molecule has 0 spiro atoms. The van der Waals surface area contributed by atoms with Gasteiger partial charge in [0.25, 0.3) is 5.91 Å². The molecule has 0 saturated heterocycles. The van der Waals surface area contributed by atoms with Crippen LogP contribution >= 0.6 is 11.3 Å². The number of hydrogen-bond acceptors (Lipinski definition) is 7. The summed E-state index contributed by atoms with van der Waals surface area (Å²) in [4.78, 5) is 35.4. The van der Waals surface area contributed by atoms with Gasteiger partial charge in [-0.3, -0.25) is 14.9 Å². The maximum absolute atomic E-state index is 13.8. The molecule has 0 radical (unpaired) electrons. The molecule has 0 atom stereocenters. The Kier molecular flexibility index (Phi) is 8.63. The van der Waals surface area contributed by atoms with Crippen molar-refractivity contribution in [2.45, 2.75) is 58.8 Å². The zero-order chi connectivity index (χ0) is 29.1. The number of H-pyrrole nitrogens is 1. The Morgan fingerprint density at radius 3 is 2.54 bits per heavy atom. The van der Waals surface area contributed by atoms with Crippen molar-refractivity contribution in [3.8, 4) is 22.8 Å². The maximum atomic E-state index is 13.8. The molecule has 2 aromatic carbocycles. The number of benzene rings is 2. The van der Waals surface area contributed by atoms with E-state index in [0.717, 1.165) is 44.6 Å². The van der Waals surface area contributed by atoms with Crippen molar-refractivity contribution in [3.05, 3.63) is 57.6 Å². The van der Waals surface area contributed by atoms with Crippen LogP contribution in [0.2, 0.25) is 0 Å². The van der Waals surface area contributed by atoms with E-state index in [9.17, 15) is 9.59 Å². The number of anilines is 1. The minimum Gasteiger partial charge on any atom is -0.497 e. The van der Waals surface area contributed by atoms with Gasteiger partial charge in [-0.25, -0.2) is 4.98 Å². The summed E-state index contributed by atoms with van der Waals surface area (Å²) >= 11 is 1.50. The minimum atomic E-state index is -0.407. The topological polar surface area (TPSA) is 103 Å². The van der Waals surface area contributed by atoms with E-state index in [2.05, 4.69) is 16.4 Å². The molecule has 2 N–H and O–H groups in total. The van der Waals surface area contributed by atoms with Crippen molar-refractivity contribution in [2.75, 3.05) is 26.6 Å². The number of rotatable bonds is 9. The van der Waals surface area contributed by atoms with Crippen molar-refractivity contribution in [2.24, 2.45) is 5.92 Å². The number of aromatic nitrogens is 2. The predicted octanol–water partition coefficient (Wildman–Crippen LogP) is 7.02. The van der Waals surface area contributed by atoms with E-state index in [-0.39, 0.29) is 12.3 Å². The first kappa shape index (κ1) is 28.7. The summed E-state index contributed by atoms with van der Waals surface area (Å²) in [6, 6.07) is 9.72. The lowest BCUT2D eigenvalue weighted by Gasteiger charge is -2.21. The number of carbonyl (C=O) groups excluding carboxylic acids is 2. The van der Waals surface area contributed by atoms with Crippen molar-refractivity contribution in [3.63, 3.8) is 0 Å². The molecule has 1 fully saturated rings. The van der Waals surface area contributed by atoms with Gasteiger partial charge < -0.3 is 19.2 Å². The van der Waals surface area contributed by atoms with Gasteiger partial charge in [0.05, 0.1) is 33.4 Å². The quantitative estimate of drug-likeness (QED) is 0.208. The van der Waals surface area contributed by atoms with E-state index in [0.29, 0.717) is 33.8 Å². The number of hydrogen-bond donors (Lipinski definition) is 2. The van der Waals surface area contributed by atoms with Gasteiger partial charge in [-0.05, 0) is 56.0 Å². The Morgan fingerprint density at radius 1 is 1.05 bits per heavy atom. The number of methoxy groups -OCH3 is 3. The molecule has 9 heteroatoms. The first-order valence-corrected chi connectivity index (χ1v) is 14.8. The lowest BCUT2D eigenvalue weighted by atomic mass is 9.86. The van der Waals surface area contributed by atoms with Crippen LogP contribution in [0.15, 0.2) is 30.3 Å². The van der Waals surface area contributed by atoms with E-state index in [1.807, 2.05) is 38.1 Å². The van der Waals surface area contributed by atoms with Crippen LogP contribution in [-0.2, 0) is 22.4 Å². The molecule has 0 bridgehead atoms. The highest BCUT2D eigenvalue weighted by molar-refractivity contribution is 7.16. The molecule has 216 valence electrons. The SMILES string of the molecule is COC(=O)Cc1c(C(=O)Nc2nc(-c3cc(OC)ccc3OC)c(CC3CCCCC3)s2)[nH]c2c(C)cc(C)cc12. The van der Waals surface area contributed by atoms with Crippen molar-refractivity contribution in [1.82, 2.24) is 9.97 Å². The average Bonchev–Trinajstić information content (AvgIpc) is 3.54. The van der Waals surface area contributed by atoms with Gasteiger partial charge in [-0.15, -0.1) is 11.3 Å². The lowest BCUT2D eigenvalue weighted by Crippen LogP contribution is -2.16. The molecule has 5 rings (SSSR count). The molecule has 2 heterocycles. The van der Waals surface area contributed by atoms with Crippen LogP contribution in [0.4, 0.5) is 5.13 Å². The number of thiazole rings is 1. The number of nitrogens with zero attached hydrogens (tertiary/aromatic N) is 1. The van der Waals surface area contributed by atoms with Crippen LogP contribution < -0.4 is 14.8 Å². The Labute approximate surface area is 244 Å². The highest BCUT2D eigenvalue weighted by Gasteiger charge is 2.25. The standard InChI is InChI=1S/C32H37N3O5S/c1-18-13-19(2)28-22(14-18)23(17-27(36)40-5)30(33-28)31(37)35-32-34-29(24-16-21(38-3)11-12-25(24)39-4)26(41-32)15-20-9-7-6-8-10-20/h11-14,16,20,33H,6-10,15,17H2,1-5H3,(H,34,35,37). The number of aryl methyl sites for hydroxylation is 2. The van der Waals surface area contributed by atoms with Gasteiger partial charge in [0, 0.05) is 26.9 Å². The number of fused-ring (bicyclic) bond motifs is 1. The molecular formula is C32H37N3O5S. The van der Waals surface area contributed by atoms with Crippen molar-refractivity contribution < 1.29 is 23.8 Å². The van der Waals surface area contributed by atoms with Gasteiger partial charge >= 0.3 is 5.97 Å². The Balaban J connectivity index is 1.55. The number of nitrogens with one attached hydrogen (secondary N) is 2. The van der Waals surface area contributed by atoms with Crippen molar-refractivity contribution in [1.29, 1.82) is 0 Å². The van der Waals surface area contributed by atoms with Crippen LogP contribution in [0.1, 0.15) is 64.2 Å². The third-order valence-corrected chi connectivity index (χ3v) is 8.90. The zero-order valence-electron chi connectivity index (χ0n) is 24.3. The second-order valence-corrected chi connectivity index (χ2v) is 11.8. The Bertz CT molecular complexity index is 1580. The van der Waals surface area contributed by atoms with Gasteiger partial charge in [-0.1, -0.05) is 43.7 Å². The monoisotopic (exact) mass is 575 g/mol. The Hall–Kier alpha value is -3.85. The first-order valence-electron chi connectivity index (χ1n) is 14.0. The molecule has 8 nitrogen and oxygen atoms in total. The van der Waals surface area contributed by atoms with Crippen LogP contribution in [0.5, 0.6) is 11.5 Å². The summed E-state index contributed by atoms with van der Waals surface area (Å²) in [6.45, 7) is 3.99. The molecule has 1 amide bonds. The fourth-order valence-electron chi connectivity index (χ4n) is 5.87. The number of esters is 1. The van der Waals surface area contributed by atoms with Crippen LogP contribution in [0, 0.1) is 19.8 Å². The van der Waals surface area contributed by atoms with E-state index in [4.69, 9.17) is 19.2 Å². The lowest BCUT2D eigenvalue weighted by molar-refractivity contribution is -0.139. The fraction of sp³-hybridized carbons (Fsp3) is 0.406. The van der Waals surface area contributed by atoms with Crippen LogP contribution in [-0.4, -0.2) is 43.2 Å². The van der Waals surface area contributed by atoms with Crippen LogP contribution in [0.25, 0.3) is 22.2 Å². The fourth-order valence-corrected chi connectivity index (χ4v) is 6.95. The van der Waals surface area contributed by atoms with Gasteiger partial charge in [0.15, 0.2) is 5.13 Å². The highest BCUT2D eigenvalue weighted by atomic mass is 32.1. The molecule has 0 unspecified atom stereocenters. The van der Waals surface area contributed by atoms with Gasteiger partial charge in [0.1, 0.15) is 17.2 Å². The molecule has 4 aromatic rings. The normalized spacial score (nSPS) is 13.8. The maximum Gasteiger partial charge on any atom is 0.310 e. The summed E-state index contributed by atoms with van der Waals surface area (Å²) in [6.07, 6.45) is 7.04. The number of carbonyl (C=O) groups is 2. The Morgan fingerprint density at radius 2 is 1.83 bits per heavy atom. The number of aromatic amines is 1. The van der Waals surface area contributed by atoms with Crippen LogP contribution in [0.3, 0.4) is 0 Å². The van der Waals surface area contributed by atoms with E-state index in [1.54, 1.807) is 14.2 Å². The predicted molar refractivity (Wildman–Crippen MR) is 162 cm³/mol. The van der Waals surface area contributed by atoms with E-state index in [1.165, 1.54) is 50.6 Å². The summed E-state index contributed by atoms with van der Waals surface area (Å²) in [5.41, 5.74) is 5.46.